The summed E-state index contributed by atoms with van der Waals surface area (Å²) >= 11 is 0. The minimum Gasteiger partial charge on any atom is -0.305 e. The molecular weight excluding hydrogens is 376 g/mol. The number of nitrogens with zero attached hydrogens (tertiary/aromatic N) is 4. The monoisotopic (exact) mass is 406 g/mol. The Labute approximate surface area is 178 Å². The van der Waals surface area contributed by atoms with Crippen molar-refractivity contribution in [2.24, 2.45) is 0 Å². The number of likely N-dealkylation sites (tertiary alicyclic amines) is 1. The van der Waals surface area contributed by atoms with Gasteiger partial charge in [0.05, 0.1) is 12.2 Å². The first-order valence-electron chi connectivity index (χ1n) is 10.9. The van der Waals surface area contributed by atoms with Gasteiger partial charge >= 0.3 is 6.03 Å². The molecule has 30 heavy (non-hydrogen) atoms. The van der Waals surface area contributed by atoms with E-state index in [-0.39, 0.29) is 18.5 Å². The molecule has 0 unspecified atom stereocenters. The van der Waals surface area contributed by atoms with Crippen LogP contribution >= 0.6 is 0 Å². The summed E-state index contributed by atoms with van der Waals surface area (Å²) in [6, 6.07) is 15.8. The van der Waals surface area contributed by atoms with Crippen LogP contribution < -0.4 is 0 Å². The number of urea groups is 1. The van der Waals surface area contributed by atoms with E-state index < -0.39 is 5.54 Å². The molecule has 6 heteroatoms. The van der Waals surface area contributed by atoms with Crippen molar-refractivity contribution in [1.29, 1.82) is 0 Å². The van der Waals surface area contributed by atoms with Gasteiger partial charge in [0.2, 0.25) is 0 Å². The van der Waals surface area contributed by atoms with E-state index in [1.54, 1.807) is 6.20 Å². The van der Waals surface area contributed by atoms with Crippen LogP contribution in [-0.2, 0) is 17.9 Å². The van der Waals surface area contributed by atoms with E-state index in [0.717, 1.165) is 30.8 Å². The Morgan fingerprint density at radius 1 is 1.00 bits per heavy atom. The zero-order valence-corrected chi connectivity index (χ0v) is 17.8. The number of pyridine rings is 1. The van der Waals surface area contributed by atoms with Gasteiger partial charge in [-0.3, -0.25) is 14.7 Å². The topological polar surface area (TPSA) is 56.8 Å². The Hall–Kier alpha value is -2.73. The number of hydrogen-bond acceptors (Lipinski definition) is 4. The maximum Gasteiger partial charge on any atom is 0.328 e. The molecule has 0 aliphatic carbocycles. The Bertz CT molecular complexity index is 879. The van der Waals surface area contributed by atoms with Crippen LogP contribution in [0.5, 0.6) is 0 Å². The quantitative estimate of drug-likeness (QED) is 0.687. The maximum absolute atomic E-state index is 13.7. The van der Waals surface area contributed by atoms with Crippen molar-refractivity contribution in [2.75, 3.05) is 13.1 Å². The summed E-state index contributed by atoms with van der Waals surface area (Å²) in [6.07, 6.45) is 4.13. The van der Waals surface area contributed by atoms with E-state index in [4.69, 9.17) is 0 Å². The molecule has 3 amide bonds. The molecule has 0 bridgehead atoms. The second kappa shape index (κ2) is 8.56. The molecule has 2 aliphatic rings. The molecule has 6 nitrogen and oxygen atoms in total. The number of carbonyl (C=O) groups is 2. The molecule has 1 aromatic heterocycles. The second-order valence-corrected chi connectivity index (χ2v) is 8.39. The predicted octanol–water partition coefficient (Wildman–Crippen LogP) is 3.68. The van der Waals surface area contributed by atoms with Gasteiger partial charge in [-0.2, -0.15) is 0 Å². The Morgan fingerprint density at radius 2 is 1.70 bits per heavy atom. The SMILES string of the molecule is CC[C@@H](C)N1CCC2(CC1)C(=O)N(Cc1ccccn1)C(=O)N2Cc1ccccc1. The van der Waals surface area contributed by atoms with Gasteiger partial charge in [-0.15, -0.1) is 0 Å². The summed E-state index contributed by atoms with van der Waals surface area (Å²) in [5.41, 5.74) is 1.01. The van der Waals surface area contributed by atoms with E-state index in [1.165, 1.54) is 4.90 Å². The number of benzene rings is 1. The van der Waals surface area contributed by atoms with E-state index >= 15 is 0 Å². The highest BCUT2D eigenvalue weighted by Gasteiger charge is 2.58. The molecule has 3 heterocycles. The Morgan fingerprint density at radius 3 is 2.33 bits per heavy atom. The van der Waals surface area contributed by atoms with Gasteiger partial charge in [-0.25, -0.2) is 4.79 Å². The average Bonchev–Trinajstić information content (AvgIpc) is 2.97. The number of hydrogen-bond donors (Lipinski definition) is 0. The first-order valence-corrected chi connectivity index (χ1v) is 10.9. The number of piperidine rings is 1. The van der Waals surface area contributed by atoms with Crippen molar-refractivity contribution in [2.45, 2.75) is 57.8 Å². The van der Waals surface area contributed by atoms with Crippen LogP contribution in [0, 0.1) is 0 Å². The minimum absolute atomic E-state index is 0.0714. The lowest BCUT2D eigenvalue weighted by molar-refractivity contribution is -0.136. The lowest BCUT2D eigenvalue weighted by Crippen LogP contribution is -2.57. The van der Waals surface area contributed by atoms with E-state index in [2.05, 4.69) is 23.7 Å². The average molecular weight is 407 g/mol. The molecule has 2 fully saturated rings. The summed E-state index contributed by atoms with van der Waals surface area (Å²) in [7, 11) is 0. The fraction of sp³-hybridized carbons (Fsp3) is 0.458. The van der Waals surface area contributed by atoms with Gasteiger partial charge in [0.1, 0.15) is 5.54 Å². The Balaban J connectivity index is 1.62. The fourth-order valence-corrected chi connectivity index (χ4v) is 4.64. The van der Waals surface area contributed by atoms with Crippen molar-refractivity contribution in [3.8, 4) is 0 Å². The largest absolute Gasteiger partial charge is 0.328 e. The van der Waals surface area contributed by atoms with Gasteiger partial charge in [-0.05, 0) is 43.9 Å². The number of amides is 3. The molecule has 2 saturated heterocycles. The smallest absolute Gasteiger partial charge is 0.305 e. The molecule has 158 valence electrons. The van der Waals surface area contributed by atoms with Crippen LogP contribution in [0.4, 0.5) is 4.79 Å². The summed E-state index contributed by atoms with van der Waals surface area (Å²) in [5.74, 6) is -0.0714. The van der Waals surface area contributed by atoms with Gasteiger partial charge in [-0.1, -0.05) is 43.3 Å². The van der Waals surface area contributed by atoms with Gasteiger partial charge in [0.15, 0.2) is 0 Å². The van der Waals surface area contributed by atoms with Crippen molar-refractivity contribution in [1.82, 2.24) is 19.7 Å². The molecule has 2 aliphatic heterocycles. The van der Waals surface area contributed by atoms with Crippen LogP contribution in [0.15, 0.2) is 54.7 Å². The molecule has 1 spiro atoms. The van der Waals surface area contributed by atoms with Crippen LogP contribution in [0.1, 0.15) is 44.4 Å². The second-order valence-electron chi connectivity index (χ2n) is 8.39. The first-order chi connectivity index (χ1) is 14.5. The minimum atomic E-state index is -0.758. The molecule has 0 radical (unpaired) electrons. The molecular formula is C24H30N4O2. The normalized spacial score (nSPS) is 20.2. The highest BCUT2D eigenvalue weighted by Crippen LogP contribution is 2.39. The number of rotatable bonds is 6. The van der Waals surface area contributed by atoms with E-state index in [0.29, 0.717) is 25.4 Å². The fourth-order valence-electron chi connectivity index (χ4n) is 4.64. The first kappa shape index (κ1) is 20.5. The standard InChI is InChI=1S/C24H30N4O2/c1-3-19(2)26-15-12-24(13-16-26)22(29)27(18-21-11-7-8-14-25-21)23(30)28(24)17-20-9-5-4-6-10-20/h4-11,14,19H,3,12-13,15-18H2,1-2H3/t19-/m1/s1. The number of imide groups is 1. The van der Waals surface area contributed by atoms with E-state index in [9.17, 15) is 9.59 Å². The summed E-state index contributed by atoms with van der Waals surface area (Å²) < 4.78 is 0. The highest BCUT2D eigenvalue weighted by atomic mass is 16.2. The van der Waals surface area contributed by atoms with Crippen molar-refractivity contribution >= 4 is 11.9 Å². The van der Waals surface area contributed by atoms with Crippen LogP contribution in [0.2, 0.25) is 0 Å². The van der Waals surface area contributed by atoms with Crippen LogP contribution in [0.3, 0.4) is 0 Å². The molecule has 2 aromatic rings. The Kier molecular flexibility index (Phi) is 5.86. The molecule has 1 atom stereocenters. The lowest BCUT2D eigenvalue weighted by atomic mass is 9.85. The van der Waals surface area contributed by atoms with Gasteiger partial charge in [0, 0.05) is 31.9 Å². The molecule has 4 rings (SSSR count). The van der Waals surface area contributed by atoms with E-state index in [1.807, 2.05) is 53.4 Å². The third kappa shape index (κ3) is 3.72. The predicted molar refractivity (Wildman–Crippen MR) is 115 cm³/mol. The zero-order valence-electron chi connectivity index (χ0n) is 17.8. The number of aromatic nitrogens is 1. The maximum atomic E-state index is 13.7. The lowest BCUT2D eigenvalue weighted by Gasteiger charge is -2.44. The van der Waals surface area contributed by atoms with Crippen LogP contribution in [-0.4, -0.2) is 56.3 Å². The third-order valence-corrected chi connectivity index (χ3v) is 6.69. The van der Waals surface area contributed by atoms with Gasteiger partial charge < -0.3 is 9.80 Å². The number of carbonyl (C=O) groups excluding carboxylic acids is 2. The van der Waals surface area contributed by atoms with Crippen molar-refractivity contribution in [3.05, 3.63) is 66.0 Å². The third-order valence-electron chi connectivity index (χ3n) is 6.69. The molecule has 0 N–H and O–H groups in total. The highest BCUT2D eigenvalue weighted by molar-refractivity contribution is 6.07. The van der Waals surface area contributed by atoms with Crippen molar-refractivity contribution < 1.29 is 9.59 Å². The summed E-state index contributed by atoms with van der Waals surface area (Å²) in [5, 5.41) is 0. The molecule has 1 aromatic carbocycles. The molecule has 0 saturated carbocycles. The summed E-state index contributed by atoms with van der Waals surface area (Å²) in [4.78, 5) is 37.1. The summed E-state index contributed by atoms with van der Waals surface area (Å²) in [6.45, 7) is 6.76. The van der Waals surface area contributed by atoms with Gasteiger partial charge in [0.25, 0.3) is 5.91 Å². The van der Waals surface area contributed by atoms with Crippen molar-refractivity contribution in [3.63, 3.8) is 0 Å². The zero-order chi connectivity index (χ0) is 21.1. The van der Waals surface area contributed by atoms with Crippen LogP contribution in [0.25, 0.3) is 0 Å².